The largest absolute Gasteiger partial charge is 0.361 e. The molecule has 4 heteroatoms. The highest BCUT2D eigenvalue weighted by Gasteiger charge is 2.36. The average molecular weight is 276 g/mol. The van der Waals surface area contributed by atoms with Crippen molar-refractivity contribution < 1.29 is 9.32 Å². The van der Waals surface area contributed by atoms with Crippen LogP contribution in [0.2, 0.25) is 0 Å². The van der Waals surface area contributed by atoms with Gasteiger partial charge in [0.25, 0.3) is 0 Å². The van der Waals surface area contributed by atoms with Gasteiger partial charge in [0.05, 0.1) is 6.04 Å². The molecule has 0 spiro atoms. The van der Waals surface area contributed by atoms with Crippen LogP contribution in [0.25, 0.3) is 0 Å². The molecule has 2 heterocycles. The van der Waals surface area contributed by atoms with Gasteiger partial charge in [0.1, 0.15) is 11.5 Å². The predicted octanol–water partition coefficient (Wildman–Crippen LogP) is 3.65. The summed E-state index contributed by atoms with van der Waals surface area (Å²) >= 11 is 0. The van der Waals surface area contributed by atoms with E-state index in [1.54, 1.807) is 0 Å². The van der Waals surface area contributed by atoms with E-state index in [0.717, 1.165) is 43.7 Å². The number of nitrogens with zero attached hydrogens (tertiary/aromatic N) is 2. The Kier molecular flexibility index (Phi) is 3.81. The standard InChI is InChI=1S/C16H24N2O2/c1-11(2)15-10-13(17-20-15)14-8-5-9-18(14)16(19)12-6-3-4-7-12/h10-12,14H,3-9H2,1-2H3. The number of carbonyl (C=O) groups excluding carboxylic acids is 1. The molecule has 1 saturated carbocycles. The van der Waals surface area contributed by atoms with Crippen LogP contribution in [-0.2, 0) is 4.79 Å². The van der Waals surface area contributed by atoms with E-state index in [2.05, 4.69) is 23.9 Å². The van der Waals surface area contributed by atoms with Crippen molar-refractivity contribution in [3.63, 3.8) is 0 Å². The molecule has 1 aliphatic carbocycles. The number of hydrogen-bond acceptors (Lipinski definition) is 3. The summed E-state index contributed by atoms with van der Waals surface area (Å²) < 4.78 is 5.40. The predicted molar refractivity (Wildman–Crippen MR) is 76.2 cm³/mol. The molecule has 3 rings (SSSR count). The van der Waals surface area contributed by atoms with Gasteiger partial charge in [-0.3, -0.25) is 4.79 Å². The smallest absolute Gasteiger partial charge is 0.226 e. The van der Waals surface area contributed by atoms with Gasteiger partial charge >= 0.3 is 0 Å². The summed E-state index contributed by atoms with van der Waals surface area (Å²) in [5.41, 5.74) is 0.942. The molecule has 2 aliphatic rings. The Morgan fingerprint density at radius 1 is 1.30 bits per heavy atom. The molecule has 2 fully saturated rings. The molecule has 1 saturated heterocycles. The first kappa shape index (κ1) is 13.7. The molecule has 0 N–H and O–H groups in total. The first-order valence-corrected chi connectivity index (χ1v) is 7.94. The lowest BCUT2D eigenvalue weighted by Crippen LogP contribution is -2.34. The van der Waals surface area contributed by atoms with Crippen LogP contribution in [0, 0.1) is 5.92 Å². The summed E-state index contributed by atoms with van der Waals surface area (Å²) in [7, 11) is 0. The van der Waals surface area contributed by atoms with Gasteiger partial charge < -0.3 is 9.42 Å². The maximum absolute atomic E-state index is 12.6. The third-order valence-electron chi connectivity index (χ3n) is 4.70. The van der Waals surface area contributed by atoms with Crippen molar-refractivity contribution in [3.05, 3.63) is 17.5 Å². The molecule has 1 aliphatic heterocycles. The average Bonchev–Trinajstić information content (AvgIpc) is 3.17. The number of rotatable bonds is 3. The van der Waals surface area contributed by atoms with Crippen LogP contribution < -0.4 is 0 Å². The third-order valence-corrected chi connectivity index (χ3v) is 4.70. The van der Waals surface area contributed by atoms with Crippen molar-refractivity contribution in [2.24, 2.45) is 5.92 Å². The maximum atomic E-state index is 12.6. The lowest BCUT2D eigenvalue weighted by atomic mass is 10.0. The van der Waals surface area contributed by atoms with Crippen molar-refractivity contribution >= 4 is 5.91 Å². The highest BCUT2D eigenvalue weighted by atomic mass is 16.5. The molecule has 0 aromatic carbocycles. The lowest BCUT2D eigenvalue weighted by molar-refractivity contribution is -0.136. The van der Waals surface area contributed by atoms with Gasteiger partial charge in [0.15, 0.2) is 0 Å². The minimum absolute atomic E-state index is 0.138. The van der Waals surface area contributed by atoms with Gasteiger partial charge in [0, 0.05) is 24.4 Å². The second-order valence-corrected chi connectivity index (χ2v) is 6.48. The topological polar surface area (TPSA) is 46.3 Å². The van der Waals surface area contributed by atoms with Crippen LogP contribution in [0.4, 0.5) is 0 Å². The van der Waals surface area contributed by atoms with E-state index in [0.29, 0.717) is 11.8 Å². The summed E-state index contributed by atoms with van der Waals surface area (Å²) in [6, 6.07) is 2.18. The fourth-order valence-corrected chi connectivity index (χ4v) is 3.48. The Morgan fingerprint density at radius 3 is 2.70 bits per heavy atom. The summed E-state index contributed by atoms with van der Waals surface area (Å²) in [4.78, 5) is 14.7. The van der Waals surface area contributed by atoms with Gasteiger partial charge in [-0.1, -0.05) is 31.8 Å². The number of aromatic nitrogens is 1. The lowest BCUT2D eigenvalue weighted by Gasteiger charge is -2.25. The molecule has 4 nitrogen and oxygen atoms in total. The van der Waals surface area contributed by atoms with E-state index in [4.69, 9.17) is 4.52 Å². The molecular formula is C16H24N2O2. The zero-order chi connectivity index (χ0) is 14.1. The number of likely N-dealkylation sites (tertiary alicyclic amines) is 1. The van der Waals surface area contributed by atoms with Crippen LogP contribution in [0.15, 0.2) is 10.6 Å². The molecule has 0 bridgehead atoms. The second kappa shape index (κ2) is 5.58. The molecular weight excluding hydrogens is 252 g/mol. The maximum Gasteiger partial charge on any atom is 0.226 e. The Balaban J connectivity index is 1.75. The van der Waals surface area contributed by atoms with E-state index in [-0.39, 0.29) is 12.0 Å². The summed E-state index contributed by atoms with van der Waals surface area (Å²) in [6.45, 7) is 5.07. The highest BCUT2D eigenvalue weighted by molar-refractivity contribution is 5.79. The minimum Gasteiger partial charge on any atom is -0.361 e. The Morgan fingerprint density at radius 2 is 2.05 bits per heavy atom. The third kappa shape index (κ3) is 2.48. The summed E-state index contributed by atoms with van der Waals surface area (Å²) in [5.74, 6) is 1.86. The SMILES string of the molecule is CC(C)c1cc(C2CCCN2C(=O)C2CCCC2)no1. The first-order chi connectivity index (χ1) is 9.66. The molecule has 1 aromatic heterocycles. The molecule has 1 aromatic rings. The highest BCUT2D eigenvalue weighted by Crippen LogP contribution is 2.36. The number of hydrogen-bond donors (Lipinski definition) is 0. The minimum atomic E-state index is 0.138. The first-order valence-electron chi connectivity index (χ1n) is 7.94. The fraction of sp³-hybridized carbons (Fsp3) is 0.750. The van der Waals surface area contributed by atoms with E-state index in [1.165, 1.54) is 12.8 Å². The Bertz CT molecular complexity index is 475. The van der Waals surface area contributed by atoms with Gasteiger partial charge in [-0.15, -0.1) is 0 Å². The summed E-state index contributed by atoms with van der Waals surface area (Å²) in [6.07, 6.45) is 6.64. The van der Waals surface area contributed by atoms with Gasteiger partial charge in [-0.25, -0.2) is 0 Å². The quantitative estimate of drug-likeness (QED) is 0.846. The van der Waals surface area contributed by atoms with Gasteiger partial charge in [0.2, 0.25) is 5.91 Å². The molecule has 0 radical (unpaired) electrons. The van der Waals surface area contributed by atoms with Crippen molar-refractivity contribution in [3.8, 4) is 0 Å². The number of amides is 1. The Labute approximate surface area is 120 Å². The van der Waals surface area contributed by atoms with Crippen molar-refractivity contribution in [2.75, 3.05) is 6.54 Å². The van der Waals surface area contributed by atoms with E-state index in [9.17, 15) is 4.79 Å². The molecule has 1 atom stereocenters. The molecule has 110 valence electrons. The number of carbonyl (C=O) groups is 1. The van der Waals surface area contributed by atoms with Crippen molar-refractivity contribution in [1.29, 1.82) is 0 Å². The second-order valence-electron chi connectivity index (χ2n) is 6.48. The van der Waals surface area contributed by atoms with E-state index < -0.39 is 0 Å². The van der Waals surface area contributed by atoms with E-state index in [1.807, 2.05) is 6.07 Å². The molecule has 20 heavy (non-hydrogen) atoms. The van der Waals surface area contributed by atoms with Crippen LogP contribution in [0.1, 0.15) is 75.8 Å². The normalized spacial score (nSPS) is 23.9. The van der Waals surface area contributed by atoms with E-state index >= 15 is 0 Å². The molecule has 1 amide bonds. The van der Waals surface area contributed by atoms with Crippen molar-refractivity contribution in [1.82, 2.24) is 10.1 Å². The van der Waals surface area contributed by atoms with Gasteiger partial charge in [-0.2, -0.15) is 0 Å². The van der Waals surface area contributed by atoms with Gasteiger partial charge in [-0.05, 0) is 25.7 Å². The van der Waals surface area contributed by atoms with Crippen molar-refractivity contribution in [2.45, 2.75) is 64.3 Å². The van der Waals surface area contributed by atoms with Crippen LogP contribution in [0.5, 0.6) is 0 Å². The Hall–Kier alpha value is -1.32. The zero-order valence-corrected chi connectivity index (χ0v) is 12.5. The van der Waals surface area contributed by atoms with Crippen LogP contribution in [0.3, 0.4) is 0 Å². The fourth-order valence-electron chi connectivity index (χ4n) is 3.48. The summed E-state index contributed by atoms with van der Waals surface area (Å²) in [5, 5.41) is 4.21. The monoisotopic (exact) mass is 276 g/mol. The molecule has 1 unspecified atom stereocenters. The zero-order valence-electron chi connectivity index (χ0n) is 12.5. The van der Waals surface area contributed by atoms with Crippen LogP contribution in [-0.4, -0.2) is 22.5 Å². The van der Waals surface area contributed by atoms with Crippen LogP contribution >= 0.6 is 0 Å².